The first kappa shape index (κ1) is 30.7. The normalized spacial score (nSPS) is 14.8. The van der Waals surface area contributed by atoms with Crippen molar-refractivity contribution in [2.75, 3.05) is 41.4 Å². The van der Waals surface area contributed by atoms with Crippen LogP contribution in [0.5, 0.6) is 0 Å². The van der Waals surface area contributed by atoms with E-state index in [9.17, 15) is 19.2 Å². The van der Waals surface area contributed by atoms with Crippen molar-refractivity contribution in [1.82, 2.24) is 4.90 Å². The highest BCUT2D eigenvalue weighted by Crippen LogP contribution is 2.37. The van der Waals surface area contributed by atoms with E-state index < -0.39 is 42.4 Å². The second-order valence-electron chi connectivity index (χ2n) is 12.1. The first-order valence-electron chi connectivity index (χ1n) is 14.7. The summed E-state index contributed by atoms with van der Waals surface area (Å²) < 4.78 is 20.5. The van der Waals surface area contributed by atoms with Gasteiger partial charge in [0, 0.05) is 31.4 Å². The second-order valence-corrected chi connectivity index (χ2v) is 12.1. The highest BCUT2D eigenvalue weighted by Gasteiger charge is 2.37. The minimum absolute atomic E-state index is 0.0776. The summed E-state index contributed by atoms with van der Waals surface area (Å²) in [7, 11) is 1.56. The number of halogens is 1. The number of nitrogens with zero attached hydrogens (tertiary/aromatic N) is 4. The fraction of sp³-hybridized carbons (Fsp3) is 0.353. The molecule has 0 atom stereocenters. The van der Waals surface area contributed by atoms with Gasteiger partial charge in [0.15, 0.2) is 0 Å². The highest BCUT2D eigenvalue weighted by molar-refractivity contribution is 6.12. The third-order valence-electron chi connectivity index (χ3n) is 7.61. The van der Waals surface area contributed by atoms with Gasteiger partial charge in [0.2, 0.25) is 5.91 Å². The average molecular weight is 601 g/mol. The molecule has 0 radical (unpaired) electrons. The first-order chi connectivity index (χ1) is 20.9. The Hall–Kier alpha value is -4.73. The summed E-state index contributed by atoms with van der Waals surface area (Å²) in [6, 6.07) is 18.6. The van der Waals surface area contributed by atoms with Gasteiger partial charge in [-0.25, -0.2) is 9.18 Å². The number of ether oxygens (including phenoxy) is 1. The summed E-state index contributed by atoms with van der Waals surface area (Å²) in [5.41, 5.74) is 2.70. The topological polar surface area (TPSA) is 90.5 Å². The Kier molecular flexibility index (Phi) is 8.71. The molecule has 10 heteroatoms. The van der Waals surface area contributed by atoms with Crippen molar-refractivity contribution in [2.45, 2.75) is 52.2 Å². The minimum atomic E-state index is -0.755. The average Bonchev–Trinajstić information content (AvgIpc) is 3.20. The summed E-state index contributed by atoms with van der Waals surface area (Å²) in [5.74, 6) is -1.94. The van der Waals surface area contributed by atoms with Crippen molar-refractivity contribution in [3.8, 4) is 0 Å². The van der Waals surface area contributed by atoms with Gasteiger partial charge in [0.05, 0.1) is 5.69 Å². The zero-order chi connectivity index (χ0) is 31.6. The number of rotatable bonds is 5. The lowest BCUT2D eigenvalue weighted by Gasteiger charge is -2.37. The molecule has 0 saturated carbocycles. The fourth-order valence-corrected chi connectivity index (χ4v) is 5.62. The molecular formula is C34H37FN4O5. The number of para-hydroxylation sites is 2. The van der Waals surface area contributed by atoms with Gasteiger partial charge in [0.25, 0.3) is 5.91 Å². The van der Waals surface area contributed by atoms with Gasteiger partial charge in [-0.05, 0) is 81.5 Å². The first-order valence-corrected chi connectivity index (χ1v) is 14.7. The van der Waals surface area contributed by atoms with Gasteiger partial charge in [-0.15, -0.1) is 0 Å². The largest absolute Gasteiger partial charge is 0.459 e. The van der Waals surface area contributed by atoms with Gasteiger partial charge in [-0.2, -0.15) is 0 Å². The van der Waals surface area contributed by atoms with E-state index in [-0.39, 0.29) is 23.8 Å². The molecule has 0 N–H and O–H groups in total. The maximum Gasteiger partial charge on any atom is 0.326 e. The molecule has 0 aliphatic carbocycles. The predicted molar refractivity (Wildman–Crippen MR) is 166 cm³/mol. The Labute approximate surface area is 256 Å². The van der Waals surface area contributed by atoms with E-state index in [1.54, 1.807) is 52.1 Å². The van der Waals surface area contributed by atoms with E-state index in [1.807, 2.05) is 23.1 Å². The highest BCUT2D eigenvalue weighted by atomic mass is 19.1. The number of hydrogen-bond donors (Lipinski definition) is 0. The fourth-order valence-electron chi connectivity index (χ4n) is 5.62. The molecule has 5 rings (SSSR count). The van der Waals surface area contributed by atoms with Crippen LogP contribution < -0.4 is 14.7 Å². The Bertz CT molecular complexity index is 1580. The number of benzene rings is 3. The lowest BCUT2D eigenvalue weighted by atomic mass is 10.1. The van der Waals surface area contributed by atoms with Crippen LogP contribution in [-0.4, -0.2) is 61.0 Å². The number of esters is 1. The number of urea groups is 1. The number of hydrogen-bond acceptors (Lipinski definition) is 5. The van der Waals surface area contributed by atoms with Crippen LogP contribution in [0.1, 0.15) is 55.1 Å². The van der Waals surface area contributed by atoms with Gasteiger partial charge in [0.1, 0.15) is 30.2 Å². The molecule has 9 nitrogen and oxygen atoms in total. The molecule has 2 aliphatic rings. The van der Waals surface area contributed by atoms with Crippen molar-refractivity contribution < 1.29 is 28.3 Å². The molecule has 230 valence electrons. The van der Waals surface area contributed by atoms with E-state index >= 15 is 4.39 Å². The Morgan fingerprint density at radius 1 is 0.909 bits per heavy atom. The standard InChI is InChI=1S/C34H37FN4O5/c1-34(2,3)44-30(41)22-38-28-14-9-12-26(35)31(28)39(21-29(38)40)33(43)36(4)20-23-15-17-25(18-16-23)32(42)37-19-8-7-11-24-10-5-6-13-27(24)37/h5-6,9-10,12-18H,7-8,11,19-22H2,1-4H3. The second kappa shape index (κ2) is 12.5. The SMILES string of the molecule is CN(Cc1ccc(C(=O)N2CCCCc3ccccc32)cc1)C(=O)N1CC(=O)N(CC(=O)OC(C)(C)C)c2cccc(F)c21. The molecule has 2 heterocycles. The molecule has 0 unspecified atom stereocenters. The maximum absolute atomic E-state index is 15.2. The number of fused-ring (bicyclic) bond motifs is 2. The van der Waals surface area contributed by atoms with Gasteiger partial charge in [-0.1, -0.05) is 36.4 Å². The molecule has 2 aliphatic heterocycles. The summed E-state index contributed by atoms with van der Waals surface area (Å²) in [6.45, 7) is 5.11. The monoisotopic (exact) mass is 600 g/mol. The van der Waals surface area contributed by atoms with Crippen LogP contribution in [0.4, 0.5) is 26.2 Å². The van der Waals surface area contributed by atoms with E-state index in [0.29, 0.717) is 12.1 Å². The predicted octanol–water partition coefficient (Wildman–Crippen LogP) is 5.56. The van der Waals surface area contributed by atoms with Gasteiger partial charge >= 0.3 is 12.0 Å². The van der Waals surface area contributed by atoms with Crippen molar-refractivity contribution >= 4 is 40.9 Å². The van der Waals surface area contributed by atoms with Crippen LogP contribution in [0.25, 0.3) is 0 Å². The van der Waals surface area contributed by atoms with Gasteiger partial charge in [-0.3, -0.25) is 24.2 Å². The zero-order valence-electron chi connectivity index (χ0n) is 25.5. The maximum atomic E-state index is 15.2. The van der Waals surface area contributed by atoms with Crippen molar-refractivity contribution in [1.29, 1.82) is 0 Å². The number of carbonyl (C=O) groups is 4. The van der Waals surface area contributed by atoms with E-state index in [2.05, 4.69) is 6.07 Å². The van der Waals surface area contributed by atoms with Crippen LogP contribution in [0.2, 0.25) is 0 Å². The minimum Gasteiger partial charge on any atom is -0.459 e. The molecule has 3 aromatic carbocycles. The van der Waals surface area contributed by atoms with Crippen molar-refractivity contribution in [2.24, 2.45) is 0 Å². The lowest BCUT2D eigenvalue weighted by molar-refractivity contribution is -0.153. The van der Waals surface area contributed by atoms with Crippen LogP contribution in [0.15, 0.2) is 66.7 Å². The van der Waals surface area contributed by atoms with Gasteiger partial charge < -0.3 is 14.5 Å². The van der Waals surface area contributed by atoms with Crippen molar-refractivity contribution in [3.63, 3.8) is 0 Å². The Balaban J connectivity index is 1.30. The lowest BCUT2D eigenvalue weighted by Crippen LogP contribution is -2.53. The molecule has 0 aromatic heterocycles. The molecule has 3 aromatic rings. The molecule has 0 bridgehead atoms. The molecular weight excluding hydrogens is 563 g/mol. The summed E-state index contributed by atoms with van der Waals surface area (Å²) in [5, 5.41) is 0. The van der Waals surface area contributed by atoms with Crippen molar-refractivity contribution in [3.05, 3.63) is 89.2 Å². The molecule has 0 saturated heterocycles. The number of amides is 4. The van der Waals surface area contributed by atoms with Crippen LogP contribution in [-0.2, 0) is 27.3 Å². The molecule has 0 fully saturated rings. The number of aryl methyl sites for hydroxylation is 1. The smallest absolute Gasteiger partial charge is 0.326 e. The van der Waals surface area contributed by atoms with E-state index in [1.165, 1.54) is 23.1 Å². The molecule has 4 amide bonds. The summed E-state index contributed by atoms with van der Waals surface area (Å²) in [6.07, 6.45) is 2.89. The third-order valence-corrected chi connectivity index (χ3v) is 7.61. The number of anilines is 3. The quantitative estimate of drug-likeness (QED) is 0.358. The Morgan fingerprint density at radius 2 is 1.61 bits per heavy atom. The van der Waals surface area contributed by atoms with Crippen LogP contribution in [0, 0.1) is 5.82 Å². The summed E-state index contributed by atoms with van der Waals surface area (Å²) in [4.78, 5) is 58.1. The summed E-state index contributed by atoms with van der Waals surface area (Å²) >= 11 is 0. The zero-order valence-corrected chi connectivity index (χ0v) is 25.5. The molecule has 0 spiro atoms. The number of carbonyl (C=O) groups excluding carboxylic acids is 4. The van der Waals surface area contributed by atoms with Crippen LogP contribution in [0.3, 0.4) is 0 Å². The third kappa shape index (κ3) is 6.59. The van der Waals surface area contributed by atoms with Crippen LogP contribution >= 0.6 is 0 Å². The molecule has 44 heavy (non-hydrogen) atoms. The Morgan fingerprint density at radius 3 is 2.34 bits per heavy atom. The van der Waals surface area contributed by atoms with E-state index in [4.69, 9.17) is 4.74 Å². The van der Waals surface area contributed by atoms with E-state index in [0.717, 1.165) is 45.9 Å².